The van der Waals surface area contributed by atoms with Crippen molar-refractivity contribution in [2.24, 2.45) is 0 Å². The van der Waals surface area contributed by atoms with E-state index in [1.54, 1.807) is 0 Å². The lowest BCUT2D eigenvalue weighted by Gasteiger charge is -2.45. The Labute approximate surface area is 124 Å². The molecule has 0 aliphatic carbocycles. The Kier molecular flexibility index (Phi) is 3.25. The van der Waals surface area contributed by atoms with Crippen molar-refractivity contribution in [1.82, 2.24) is 5.32 Å². The van der Waals surface area contributed by atoms with E-state index < -0.39 is 5.79 Å². The van der Waals surface area contributed by atoms with E-state index in [1.807, 2.05) is 18.2 Å². The first-order valence-corrected chi connectivity index (χ1v) is 7.77. The summed E-state index contributed by atoms with van der Waals surface area (Å²) in [6, 6.07) is 10.7. The van der Waals surface area contributed by atoms with Gasteiger partial charge in [0, 0.05) is 24.3 Å². The molecule has 4 heteroatoms. The van der Waals surface area contributed by atoms with Crippen molar-refractivity contribution in [3.8, 4) is 0 Å². The zero-order valence-electron chi connectivity index (χ0n) is 12.3. The number of para-hydroxylation sites is 1. The van der Waals surface area contributed by atoms with Gasteiger partial charge in [-0.2, -0.15) is 0 Å². The van der Waals surface area contributed by atoms with E-state index in [2.05, 4.69) is 24.4 Å². The maximum absolute atomic E-state index is 6.02. The van der Waals surface area contributed by atoms with Crippen LogP contribution in [0.5, 0.6) is 0 Å². The first kappa shape index (κ1) is 13.3. The highest BCUT2D eigenvalue weighted by Gasteiger charge is 2.43. The lowest BCUT2D eigenvalue weighted by Crippen LogP contribution is -2.53. The summed E-state index contributed by atoms with van der Waals surface area (Å²) in [4.78, 5) is 0. The van der Waals surface area contributed by atoms with Gasteiger partial charge in [-0.3, -0.25) is 0 Å². The molecule has 2 aromatic rings. The third-order valence-electron chi connectivity index (χ3n) is 4.42. The van der Waals surface area contributed by atoms with Gasteiger partial charge in [-0.05, 0) is 25.5 Å². The second-order valence-electron chi connectivity index (χ2n) is 6.18. The van der Waals surface area contributed by atoms with Crippen LogP contribution in [0.1, 0.15) is 38.0 Å². The molecule has 1 aromatic heterocycles. The Morgan fingerprint density at radius 3 is 2.76 bits per heavy atom. The molecule has 0 amide bonds. The molecule has 2 fully saturated rings. The molecule has 2 aliphatic heterocycles. The van der Waals surface area contributed by atoms with Crippen molar-refractivity contribution in [1.29, 1.82) is 0 Å². The van der Waals surface area contributed by atoms with Crippen LogP contribution in [0.2, 0.25) is 0 Å². The Hall–Kier alpha value is -1.36. The van der Waals surface area contributed by atoms with E-state index >= 15 is 0 Å². The predicted octanol–water partition coefficient (Wildman–Crippen LogP) is 3.38. The highest BCUT2D eigenvalue weighted by Crippen LogP contribution is 2.39. The van der Waals surface area contributed by atoms with Gasteiger partial charge in [0.25, 0.3) is 0 Å². The predicted molar refractivity (Wildman–Crippen MR) is 80.0 cm³/mol. The van der Waals surface area contributed by atoms with E-state index in [1.165, 1.54) is 0 Å². The van der Waals surface area contributed by atoms with E-state index in [0.717, 1.165) is 49.2 Å². The molecule has 2 aliphatic rings. The van der Waals surface area contributed by atoms with Gasteiger partial charge in [0.15, 0.2) is 5.79 Å². The van der Waals surface area contributed by atoms with Crippen LogP contribution in [0.4, 0.5) is 0 Å². The molecule has 0 radical (unpaired) electrons. The molecule has 112 valence electrons. The average molecular weight is 287 g/mol. The van der Waals surface area contributed by atoms with Gasteiger partial charge < -0.3 is 19.2 Å². The number of fused-ring (bicyclic) bond motifs is 1. The van der Waals surface area contributed by atoms with Crippen molar-refractivity contribution >= 4 is 11.0 Å². The van der Waals surface area contributed by atoms with E-state index in [0.29, 0.717) is 6.04 Å². The standard InChI is InChI=1S/C17H21NO3/c1-12-10-17(19-7-4-8-20-17)11-14(18-12)16-9-13-5-2-3-6-15(13)21-16/h2-3,5-6,9,12,14,18H,4,7-8,10-11H2,1H3/t12-,14-/m1/s1. The van der Waals surface area contributed by atoms with Crippen LogP contribution in [0.3, 0.4) is 0 Å². The Bertz CT molecular complexity index is 597. The van der Waals surface area contributed by atoms with Crippen LogP contribution in [-0.2, 0) is 9.47 Å². The lowest BCUT2D eigenvalue weighted by atomic mass is 9.91. The molecule has 0 bridgehead atoms. The topological polar surface area (TPSA) is 43.6 Å². The minimum Gasteiger partial charge on any atom is -0.459 e. The van der Waals surface area contributed by atoms with Crippen molar-refractivity contribution in [2.45, 2.75) is 44.1 Å². The maximum atomic E-state index is 6.02. The fourth-order valence-electron chi connectivity index (χ4n) is 3.53. The van der Waals surface area contributed by atoms with E-state index in [9.17, 15) is 0 Å². The maximum Gasteiger partial charge on any atom is 0.171 e. The molecule has 2 saturated heterocycles. The summed E-state index contributed by atoms with van der Waals surface area (Å²) in [5, 5.41) is 4.76. The van der Waals surface area contributed by atoms with Gasteiger partial charge in [-0.25, -0.2) is 0 Å². The van der Waals surface area contributed by atoms with Gasteiger partial charge in [0.05, 0.1) is 19.3 Å². The number of ether oxygens (including phenoxy) is 2. The first-order chi connectivity index (χ1) is 10.2. The average Bonchev–Trinajstić information content (AvgIpc) is 2.91. The molecular formula is C17H21NO3. The van der Waals surface area contributed by atoms with Crippen molar-refractivity contribution in [3.05, 3.63) is 36.1 Å². The molecule has 21 heavy (non-hydrogen) atoms. The van der Waals surface area contributed by atoms with Gasteiger partial charge in [-0.1, -0.05) is 18.2 Å². The zero-order chi connectivity index (χ0) is 14.3. The fourth-order valence-corrected chi connectivity index (χ4v) is 3.53. The fraction of sp³-hybridized carbons (Fsp3) is 0.529. The molecule has 1 N–H and O–H groups in total. The molecule has 0 unspecified atom stereocenters. The van der Waals surface area contributed by atoms with Gasteiger partial charge in [0.1, 0.15) is 11.3 Å². The summed E-state index contributed by atoms with van der Waals surface area (Å²) >= 11 is 0. The summed E-state index contributed by atoms with van der Waals surface area (Å²) < 4.78 is 18.0. The van der Waals surface area contributed by atoms with E-state index in [-0.39, 0.29) is 6.04 Å². The van der Waals surface area contributed by atoms with Gasteiger partial charge in [0.2, 0.25) is 0 Å². The van der Waals surface area contributed by atoms with Crippen molar-refractivity contribution < 1.29 is 13.9 Å². The Morgan fingerprint density at radius 1 is 1.14 bits per heavy atom. The largest absolute Gasteiger partial charge is 0.459 e. The number of hydrogen-bond acceptors (Lipinski definition) is 4. The van der Waals surface area contributed by atoms with Crippen LogP contribution in [0.25, 0.3) is 11.0 Å². The molecule has 2 atom stereocenters. The van der Waals surface area contributed by atoms with Crippen LogP contribution in [-0.4, -0.2) is 25.0 Å². The van der Waals surface area contributed by atoms with Crippen molar-refractivity contribution in [3.63, 3.8) is 0 Å². The second kappa shape index (κ2) is 5.13. The summed E-state index contributed by atoms with van der Waals surface area (Å²) in [5.74, 6) is 0.534. The first-order valence-electron chi connectivity index (χ1n) is 7.77. The Balaban J connectivity index is 1.64. The normalized spacial score (nSPS) is 29.0. The van der Waals surface area contributed by atoms with E-state index in [4.69, 9.17) is 13.9 Å². The second-order valence-corrected chi connectivity index (χ2v) is 6.18. The highest BCUT2D eigenvalue weighted by atomic mass is 16.7. The van der Waals surface area contributed by atoms with Crippen molar-refractivity contribution in [2.75, 3.05) is 13.2 Å². The molecule has 4 nitrogen and oxygen atoms in total. The minimum absolute atomic E-state index is 0.138. The summed E-state index contributed by atoms with van der Waals surface area (Å²) in [6.45, 7) is 3.76. The lowest BCUT2D eigenvalue weighted by molar-refractivity contribution is -0.286. The summed E-state index contributed by atoms with van der Waals surface area (Å²) in [5.41, 5.74) is 0.937. The molecule has 0 saturated carbocycles. The molecule has 1 aromatic carbocycles. The van der Waals surface area contributed by atoms with Gasteiger partial charge >= 0.3 is 0 Å². The number of nitrogens with one attached hydrogen (secondary N) is 1. The third kappa shape index (κ3) is 2.48. The quantitative estimate of drug-likeness (QED) is 0.873. The number of benzene rings is 1. The minimum atomic E-state index is -0.438. The van der Waals surface area contributed by atoms with Crippen LogP contribution in [0, 0.1) is 0 Å². The van der Waals surface area contributed by atoms with Crippen LogP contribution < -0.4 is 5.32 Å². The third-order valence-corrected chi connectivity index (χ3v) is 4.42. The number of furan rings is 1. The Morgan fingerprint density at radius 2 is 1.95 bits per heavy atom. The molecule has 3 heterocycles. The van der Waals surface area contributed by atoms with Crippen LogP contribution >= 0.6 is 0 Å². The molecule has 1 spiro atoms. The van der Waals surface area contributed by atoms with Crippen LogP contribution in [0.15, 0.2) is 34.7 Å². The summed E-state index contributed by atoms with van der Waals surface area (Å²) in [7, 11) is 0. The number of piperidine rings is 1. The smallest absolute Gasteiger partial charge is 0.171 e. The zero-order valence-corrected chi connectivity index (χ0v) is 12.3. The van der Waals surface area contributed by atoms with Gasteiger partial charge in [-0.15, -0.1) is 0 Å². The number of rotatable bonds is 1. The molecular weight excluding hydrogens is 266 g/mol. The summed E-state index contributed by atoms with van der Waals surface area (Å²) in [6.07, 6.45) is 2.68. The molecule has 4 rings (SSSR count). The monoisotopic (exact) mass is 287 g/mol. The number of hydrogen-bond donors (Lipinski definition) is 1. The SMILES string of the molecule is C[C@@H]1CC2(C[C@H](c3cc4ccccc4o3)N1)OCCCO2. The highest BCUT2D eigenvalue weighted by molar-refractivity contribution is 5.77.